The maximum atomic E-state index is 11.0. The van der Waals surface area contributed by atoms with Gasteiger partial charge in [0, 0.05) is 12.3 Å². The molecule has 1 aromatic heterocycles. The summed E-state index contributed by atoms with van der Waals surface area (Å²) in [6, 6.07) is 0. The van der Waals surface area contributed by atoms with Gasteiger partial charge in [-0.2, -0.15) is 0 Å². The van der Waals surface area contributed by atoms with Crippen LogP contribution in [0.4, 0.5) is 0 Å². The number of hydrogen-bond donors (Lipinski definition) is 0. The number of aldehydes is 1. The Morgan fingerprint density at radius 3 is 3.07 bits per heavy atom. The van der Waals surface area contributed by atoms with Gasteiger partial charge in [0.2, 0.25) is 0 Å². The molecule has 0 unspecified atom stereocenters. The molecule has 0 aliphatic carbocycles. The van der Waals surface area contributed by atoms with E-state index in [1.807, 2.05) is 0 Å². The first-order valence-corrected chi connectivity index (χ1v) is 4.16. The van der Waals surface area contributed by atoms with Crippen LogP contribution in [0.5, 0.6) is 0 Å². The molecule has 5 heteroatoms. The third-order valence-corrected chi connectivity index (χ3v) is 1.79. The van der Waals surface area contributed by atoms with Gasteiger partial charge in [0.1, 0.15) is 12.5 Å². The van der Waals surface area contributed by atoms with E-state index in [2.05, 4.69) is 9.72 Å². The average Bonchev–Trinajstić information content (AvgIpc) is 2.66. The first-order valence-electron chi connectivity index (χ1n) is 4.16. The summed E-state index contributed by atoms with van der Waals surface area (Å²) in [5.74, 6) is -0.290. The lowest BCUT2D eigenvalue weighted by Gasteiger charge is -1.99. The van der Waals surface area contributed by atoms with Crippen LogP contribution in [-0.2, 0) is 9.53 Å². The zero-order chi connectivity index (χ0) is 10.6. The van der Waals surface area contributed by atoms with E-state index in [0.717, 1.165) is 6.29 Å². The van der Waals surface area contributed by atoms with E-state index in [-0.39, 0.29) is 11.6 Å². The monoisotopic (exact) mass is 197 g/mol. The Labute approximate surface area is 81.1 Å². The Morgan fingerprint density at radius 1 is 1.79 bits per heavy atom. The van der Waals surface area contributed by atoms with Crippen LogP contribution in [0.3, 0.4) is 0 Å². The summed E-state index contributed by atoms with van der Waals surface area (Å²) in [5, 5.41) is 0. The first-order chi connectivity index (χ1) is 6.69. The van der Waals surface area contributed by atoms with Crippen molar-refractivity contribution in [2.24, 2.45) is 0 Å². The van der Waals surface area contributed by atoms with Crippen molar-refractivity contribution in [2.75, 3.05) is 7.11 Å². The normalized spacial score (nSPS) is 12.1. The maximum Gasteiger partial charge on any atom is 0.360 e. The molecular weight excluding hydrogens is 186 g/mol. The Bertz CT molecular complexity index is 331. The fraction of sp³-hybridized carbons (Fsp3) is 0.444. The molecule has 0 saturated heterocycles. The van der Waals surface area contributed by atoms with Crippen molar-refractivity contribution in [3.8, 4) is 0 Å². The molecule has 0 amide bonds. The molecule has 1 aromatic rings. The summed E-state index contributed by atoms with van der Waals surface area (Å²) >= 11 is 0. The molecule has 1 rings (SSSR count). The third kappa shape index (κ3) is 2.18. The second kappa shape index (κ2) is 4.55. The molecule has 5 nitrogen and oxygen atoms in total. The highest BCUT2D eigenvalue weighted by atomic mass is 16.5. The van der Waals surface area contributed by atoms with Crippen LogP contribution in [-0.4, -0.2) is 24.3 Å². The number of nitrogens with zero attached hydrogens (tertiary/aromatic N) is 1. The summed E-state index contributed by atoms with van der Waals surface area (Å²) in [5.41, 5.74) is 0.125. The minimum atomic E-state index is -0.543. The van der Waals surface area contributed by atoms with Crippen molar-refractivity contribution in [1.82, 2.24) is 4.98 Å². The van der Waals surface area contributed by atoms with Crippen LogP contribution in [0.25, 0.3) is 0 Å². The van der Waals surface area contributed by atoms with Gasteiger partial charge in [0.25, 0.3) is 0 Å². The molecule has 0 fully saturated rings. The molecule has 1 atom stereocenters. The largest absolute Gasteiger partial charge is 0.464 e. The van der Waals surface area contributed by atoms with E-state index in [4.69, 9.17) is 4.42 Å². The molecule has 0 aliphatic rings. The van der Waals surface area contributed by atoms with Crippen molar-refractivity contribution < 1.29 is 18.7 Å². The summed E-state index contributed by atoms with van der Waals surface area (Å²) in [7, 11) is 1.27. The first kappa shape index (κ1) is 10.4. The van der Waals surface area contributed by atoms with E-state index in [1.165, 1.54) is 13.4 Å². The number of carbonyl (C=O) groups is 2. The maximum absolute atomic E-state index is 11.0. The van der Waals surface area contributed by atoms with E-state index < -0.39 is 5.97 Å². The van der Waals surface area contributed by atoms with Gasteiger partial charge in [-0.3, -0.25) is 0 Å². The van der Waals surface area contributed by atoms with Gasteiger partial charge in [0.15, 0.2) is 11.6 Å². The summed E-state index contributed by atoms with van der Waals surface area (Å²) in [4.78, 5) is 25.1. The number of carbonyl (C=O) groups excluding carboxylic acids is 2. The lowest BCUT2D eigenvalue weighted by molar-refractivity contribution is -0.108. The van der Waals surface area contributed by atoms with E-state index >= 15 is 0 Å². The highest BCUT2D eigenvalue weighted by molar-refractivity contribution is 5.86. The van der Waals surface area contributed by atoms with Gasteiger partial charge in [-0.15, -0.1) is 0 Å². The Kier molecular flexibility index (Phi) is 3.39. The number of ether oxygens (including phenoxy) is 1. The quantitative estimate of drug-likeness (QED) is 0.535. The van der Waals surface area contributed by atoms with Gasteiger partial charge in [-0.05, 0) is 0 Å². The fourth-order valence-corrected chi connectivity index (χ4v) is 0.957. The molecule has 0 radical (unpaired) electrons. The molecule has 76 valence electrons. The Hall–Kier alpha value is -1.65. The molecule has 14 heavy (non-hydrogen) atoms. The summed E-state index contributed by atoms with van der Waals surface area (Å²) < 4.78 is 9.49. The smallest absolute Gasteiger partial charge is 0.360 e. The molecule has 0 bridgehead atoms. The fourth-order valence-electron chi connectivity index (χ4n) is 0.957. The number of oxazole rings is 1. The van der Waals surface area contributed by atoms with Crippen LogP contribution < -0.4 is 0 Å². The SMILES string of the molecule is COC(=O)c1coc([C@H](C)CC=O)n1. The summed E-state index contributed by atoms with van der Waals surface area (Å²) in [6.45, 7) is 1.79. The van der Waals surface area contributed by atoms with Gasteiger partial charge in [0.05, 0.1) is 7.11 Å². The minimum absolute atomic E-state index is 0.120. The predicted molar refractivity (Wildman–Crippen MR) is 46.9 cm³/mol. The van der Waals surface area contributed by atoms with Crippen molar-refractivity contribution >= 4 is 12.3 Å². The van der Waals surface area contributed by atoms with E-state index in [0.29, 0.717) is 12.3 Å². The Morgan fingerprint density at radius 2 is 2.50 bits per heavy atom. The number of esters is 1. The molecule has 1 heterocycles. The summed E-state index contributed by atoms with van der Waals surface area (Å²) in [6.07, 6.45) is 2.33. The second-order valence-corrected chi connectivity index (χ2v) is 2.87. The van der Waals surface area contributed by atoms with E-state index in [1.54, 1.807) is 6.92 Å². The average molecular weight is 197 g/mol. The van der Waals surface area contributed by atoms with Crippen molar-refractivity contribution in [2.45, 2.75) is 19.3 Å². The minimum Gasteiger partial charge on any atom is -0.464 e. The molecule has 0 spiro atoms. The number of aromatic nitrogens is 1. The van der Waals surface area contributed by atoms with Crippen LogP contribution in [0.2, 0.25) is 0 Å². The van der Waals surface area contributed by atoms with Crippen LogP contribution in [0, 0.1) is 0 Å². The lowest BCUT2D eigenvalue weighted by atomic mass is 10.1. The third-order valence-electron chi connectivity index (χ3n) is 1.79. The number of methoxy groups -OCH3 is 1. The zero-order valence-electron chi connectivity index (χ0n) is 8.02. The molecular formula is C9H11NO4. The zero-order valence-corrected chi connectivity index (χ0v) is 8.02. The van der Waals surface area contributed by atoms with E-state index in [9.17, 15) is 9.59 Å². The predicted octanol–water partition coefficient (Wildman–Crippen LogP) is 1.15. The topological polar surface area (TPSA) is 69.4 Å². The van der Waals surface area contributed by atoms with Gasteiger partial charge in [-0.25, -0.2) is 9.78 Å². The van der Waals surface area contributed by atoms with Crippen LogP contribution >= 0.6 is 0 Å². The van der Waals surface area contributed by atoms with Crippen molar-refractivity contribution in [1.29, 1.82) is 0 Å². The second-order valence-electron chi connectivity index (χ2n) is 2.87. The number of rotatable bonds is 4. The van der Waals surface area contributed by atoms with Gasteiger partial charge < -0.3 is 13.9 Å². The molecule has 0 saturated carbocycles. The molecule has 0 aliphatic heterocycles. The highest BCUT2D eigenvalue weighted by Crippen LogP contribution is 2.17. The van der Waals surface area contributed by atoms with Crippen molar-refractivity contribution in [3.63, 3.8) is 0 Å². The van der Waals surface area contributed by atoms with Crippen LogP contribution in [0.1, 0.15) is 35.6 Å². The van der Waals surface area contributed by atoms with Crippen molar-refractivity contribution in [3.05, 3.63) is 17.8 Å². The van der Waals surface area contributed by atoms with Gasteiger partial charge in [-0.1, -0.05) is 6.92 Å². The molecule has 0 aromatic carbocycles. The standard InChI is InChI=1S/C9H11NO4/c1-6(3-4-11)8-10-7(5-14-8)9(12)13-2/h4-6H,3H2,1-2H3/t6-/m1/s1. The lowest BCUT2D eigenvalue weighted by Crippen LogP contribution is -2.02. The molecule has 0 N–H and O–H groups in total. The van der Waals surface area contributed by atoms with Crippen LogP contribution in [0.15, 0.2) is 10.7 Å². The highest BCUT2D eigenvalue weighted by Gasteiger charge is 2.16. The Balaban J connectivity index is 2.76. The van der Waals surface area contributed by atoms with Gasteiger partial charge >= 0.3 is 5.97 Å². The number of hydrogen-bond acceptors (Lipinski definition) is 5.